The molecule has 0 heterocycles. The zero-order valence-corrected chi connectivity index (χ0v) is 5.39. The van der Waals surface area contributed by atoms with Crippen molar-refractivity contribution in [1.82, 2.24) is 5.32 Å². The van der Waals surface area contributed by atoms with Crippen LogP contribution >= 0.6 is 0 Å². The third kappa shape index (κ3) is 4490. The lowest BCUT2D eigenvalue weighted by Crippen LogP contribution is -1.98. The van der Waals surface area contributed by atoms with Gasteiger partial charge in [0.2, 0.25) is 6.41 Å². The highest BCUT2D eigenvalue weighted by Crippen LogP contribution is 1.50. The molecule has 0 spiro atoms. The SMILES string of the molecule is CC(C)=O.CNC=O. The summed E-state index contributed by atoms with van der Waals surface area (Å²) < 4.78 is 0. The Morgan fingerprint density at radius 3 is 1.62 bits per heavy atom. The fourth-order valence-electron chi connectivity index (χ4n) is 0. The lowest BCUT2D eigenvalue weighted by Gasteiger charge is -1.64. The van der Waals surface area contributed by atoms with Crippen LogP contribution in [0.3, 0.4) is 0 Å². The molecule has 48 valence electrons. The molecule has 0 fully saturated rings. The molecule has 0 aliphatic heterocycles. The number of ketones is 1. The summed E-state index contributed by atoms with van der Waals surface area (Å²) in [7, 11) is 1.56. The monoisotopic (exact) mass is 117 g/mol. The second kappa shape index (κ2) is 9.46. The number of hydrogen-bond donors (Lipinski definition) is 1. The van der Waals surface area contributed by atoms with Gasteiger partial charge in [-0.3, -0.25) is 4.79 Å². The van der Waals surface area contributed by atoms with Crippen LogP contribution in [0.4, 0.5) is 0 Å². The Kier molecular flexibility index (Phi) is 12.1. The quantitative estimate of drug-likeness (QED) is 0.490. The van der Waals surface area contributed by atoms with Gasteiger partial charge in [0.25, 0.3) is 0 Å². The zero-order chi connectivity index (χ0) is 6.99. The molecule has 3 nitrogen and oxygen atoms in total. The smallest absolute Gasteiger partial charge is 0.206 e. The average molecular weight is 117 g/mol. The number of carbonyl (C=O) groups excluding carboxylic acids is 2. The maximum absolute atomic E-state index is 9.44. The van der Waals surface area contributed by atoms with Gasteiger partial charge in [0.05, 0.1) is 0 Å². The molecule has 0 saturated heterocycles. The van der Waals surface area contributed by atoms with Gasteiger partial charge in [0.1, 0.15) is 5.78 Å². The lowest BCUT2D eigenvalue weighted by atomic mass is 10.6. The summed E-state index contributed by atoms with van der Waals surface area (Å²) in [5.74, 6) is 0.167. The van der Waals surface area contributed by atoms with E-state index in [4.69, 9.17) is 4.79 Å². The summed E-state index contributed by atoms with van der Waals surface area (Å²) in [6, 6.07) is 0. The molecule has 0 aliphatic carbocycles. The summed E-state index contributed by atoms with van der Waals surface area (Å²) in [6.07, 6.45) is 0.625. The molecule has 3 heteroatoms. The van der Waals surface area contributed by atoms with E-state index in [-0.39, 0.29) is 5.78 Å². The van der Waals surface area contributed by atoms with Crippen molar-refractivity contribution in [2.24, 2.45) is 0 Å². The van der Waals surface area contributed by atoms with Crippen molar-refractivity contribution in [2.45, 2.75) is 13.8 Å². The number of nitrogens with one attached hydrogen (secondary N) is 1. The van der Waals surface area contributed by atoms with Crippen LogP contribution in [-0.4, -0.2) is 19.2 Å². The first-order valence-corrected chi connectivity index (χ1v) is 2.23. The van der Waals surface area contributed by atoms with Crippen molar-refractivity contribution in [3.63, 3.8) is 0 Å². The molecule has 8 heavy (non-hydrogen) atoms. The molecule has 0 rings (SSSR count). The highest BCUT2D eigenvalue weighted by molar-refractivity contribution is 5.72. The van der Waals surface area contributed by atoms with Crippen molar-refractivity contribution in [2.75, 3.05) is 7.05 Å². The average Bonchev–Trinajstić information content (AvgIpc) is 1.65. The Labute approximate surface area is 49.1 Å². The number of Topliss-reactive ketones (excluding diaryl/α,β-unsaturated/α-hetero) is 1. The predicted octanol–water partition coefficient (Wildman–Crippen LogP) is -0.0425. The van der Waals surface area contributed by atoms with Crippen molar-refractivity contribution in [3.8, 4) is 0 Å². The molecule has 0 atom stereocenters. The lowest BCUT2D eigenvalue weighted by molar-refractivity contribution is -0.115. The van der Waals surface area contributed by atoms with Crippen LogP contribution in [0.5, 0.6) is 0 Å². The minimum absolute atomic E-state index is 0.167. The molecule has 0 radical (unpaired) electrons. The first-order chi connectivity index (χ1) is 3.65. The number of amides is 1. The first-order valence-electron chi connectivity index (χ1n) is 2.23. The highest BCUT2D eigenvalue weighted by atomic mass is 16.1. The minimum Gasteiger partial charge on any atom is -0.362 e. The molecule has 0 aromatic heterocycles. The third-order valence-electron chi connectivity index (χ3n) is 0.118. The molecule has 0 bridgehead atoms. The van der Waals surface area contributed by atoms with E-state index in [1.807, 2.05) is 0 Å². The van der Waals surface area contributed by atoms with Gasteiger partial charge < -0.3 is 10.1 Å². The van der Waals surface area contributed by atoms with E-state index in [0.717, 1.165) is 0 Å². The standard InChI is InChI=1S/C3H6O.C2H5NO/c1-3(2)4;1-3-2-4/h1-2H3;2H,1H3,(H,3,4). The molecule has 1 N–H and O–H groups in total. The van der Waals surface area contributed by atoms with Crippen molar-refractivity contribution in [3.05, 3.63) is 0 Å². The van der Waals surface area contributed by atoms with E-state index in [1.54, 1.807) is 7.05 Å². The van der Waals surface area contributed by atoms with Gasteiger partial charge >= 0.3 is 0 Å². The summed E-state index contributed by atoms with van der Waals surface area (Å²) in [6.45, 7) is 3.06. The van der Waals surface area contributed by atoms with Gasteiger partial charge in [0.15, 0.2) is 0 Å². The predicted molar refractivity (Wildman–Crippen MR) is 31.5 cm³/mol. The topological polar surface area (TPSA) is 46.2 Å². The molecule has 0 aliphatic rings. The fourth-order valence-corrected chi connectivity index (χ4v) is 0. The summed E-state index contributed by atoms with van der Waals surface area (Å²) in [5.41, 5.74) is 0. The van der Waals surface area contributed by atoms with Crippen LogP contribution in [0, 0.1) is 0 Å². The Morgan fingerprint density at radius 2 is 1.62 bits per heavy atom. The van der Waals surface area contributed by atoms with Gasteiger partial charge in [-0.2, -0.15) is 0 Å². The Morgan fingerprint density at radius 1 is 1.50 bits per heavy atom. The van der Waals surface area contributed by atoms with Gasteiger partial charge in [-0.15, -0.1) is 0 Å². The Hall–Kier alpha value is -0.860. The normalized spacial score (nSPS) is 5.88. The largest absolute Gasteiger partial charge is 0.362 e. The van der Waals surface area contributed by atoms with Crippen LogP contribution in [0.1, 0.15) is 13.8 Å². The van der Waals surface area contributed by atoms with Crippen molar-refractivity contribution in [1.29, 1.82) is 0 Å². The van der Waals surface area contributed by atoms with E-state index in [9.17, 15) is 4.79 Å². The molecule has 1 amide bonds. The zero-order valence-electron chi connectivity index (χ0n) is 5.39. The molecule has 0 saturated carbocycles. The van der Waals surface area contributed by atoms with Crippen LogP contribution in [-0.2, 0) is 9.59 Å². The minimum atomic E-state index is 0.167. The second-order valence-electron chi connectivity index (χ2n) is 1.31. The maximum Gasteiger partial charge on any atom is 0.206 e. The van der Waals surface area contributed by atoms with Crippen LogP contribution in [0.2, 0.25) is 0 Å². The summed E-state index contributed by atoms with van der Waals surface area (Å²) >= 11 is 0. The Bertz CT molecular complexity index is 66.8. The molecular formula is C5H11NO2. The van der Waals surface area contributed by atoms with E-state index >= 15 is 0 Å². The van der Waals surface area contributed by atoms with Gasteiger partial charge in [0, 0.05) is 7.05 Å². The van der Waals surface area contributed by atoms with E-state index in [0.29, 0.717) is 6.41 Å². The molecular weight excluding hydrogens is 106 g/mol. The Balaban J connectivity index is 0. The number of carbonyl (C=O) groups is 2. The fraction of sp³-hybridized carbons (Fsp3) is 0.600. The molecule has 0 unspecified atom stereocenters. The second-order valence-corrected chi connectivity index (χ2v) is 1.31. The van der Waals surface area contributed by atoms with E-state index in [2.05, 4.69) is 5.32 Å². The first kappa shape index (κ1) is 10.2. The van der Waals surface area contributed by atoms with Gasteiger partial charge in [-0.25, -0.2) is 0 Å². The number of rotatable bonds is 1. The van der Waals surface area contributed by atoms with Crippen molar-refractivity contribution >= 4 is 12.2 Å². The molecule has 0 aromatic carbocycles. The van der Waals surface area contributed by atoms with Gasteiger partial charge in [-0.1, -0.05) is 0 Å². The van der Waals surface area contributed by atoms with E-state index < -0.39 is 0 Å². The number of hydrogen-bond acceptors (Lipinski definition) is 2. The highest BCUT2D eigenvalue weighted by Gasteiger charge is 1.62. The van der Waals surface area contributed by atoms with Crippen LogP contribution < -0.4 is 5.32 Å². The van der Waals surface area contributed by atoms with Crippen molar-refractivity contribution < 1.29 is 9.59 Å². The van der Waals surface area contributed by atoms with E-state index in [1.165, 1.54) is 13.8 Å². The van der Waals surface area contributed by atoms with Gasteiger partial charge in [-0.05, 0) is 13.8 Å². The summed E-state index contributed by atoms with van der Waals surface area (Å²) in [5, 5.41) is 2.25. The molecule has 0 aromatic rings. The summed E-state index contributed by atoms with van der Waals surface area (Å²) in [4.78, 5) is 18.5. The third-order valence-corrected chi connectivity index (χ3v) is 0.118. The maximum atomic E-state index is 9.44. The van der Waals surface area contributed by atoms with Crippen LogP contribution in [0.25, 0.3) is 0 Å². The van der Waals surface area contributed by atoms with Crippen LogP contribution in [0.15, 0.2) is 0 Å².